The fraction of sp³-hybridized carbons (Fsp3) is 0.316. The summed E-state index contributed by atoms with van der Waals surface area (Å²) in [5, 5.41) is 4.37. The summed E-state index contributed by atoms with van der Waals surface area (Å²) in [4.78, 5) is 40.5. The molecule has 0 atom stereocenters. The summed E-state index contributed by atoms with van der Waals surface area (Å²) in [6.45, 7) is 1.36. The van der Waals surface area contributed by atoms with Crippen LogP contribution in [-0.4, -0.2) is 61.3 Å². The van der Waals surface area contributed by atoms with Gasteiger partial charge in [-0.05, 0) is 31.6 Å². The molecule has 2 aromatic carbocycles. The number of carbonyl (C=O) groups excluding carboxylic acids is 3. The highest BCUT2D eigenvalue weighted by molar-refractivity contribution is 6.25. The van der Waals surface area contributed by atoms with E-state index < -0.39 is 0 Å². The standard InChI is InChI=1S/C19H21N3O3/c1-21(2)12-10-20-16(23)9-11-22-18(24)14-7-3-5-13-6-4-8-15(17(13)14)19(22)25/h3-8H,9-12H2,1-2H3,(H,20,23). The van der Waals surface area contributed by atoms with Crippen molar-refractivity contribution in [2.24, 2.45) is 0 Å². The van der Waals surface area contributed by atoms with Crippen molar-refractivity contribution < 1.29 is 14.4 Å². The average molecular weight is 339 g/mol. The molecule has 0 fully saturated rings. The van der Waals surface area contributed by atoms with Crippen molar-refractivity contribution in [3.63, 3.8) is 0 Å². The number of hydrogen-bond donors (Lipinski definition) is 1. The molecule has 2 aromatic rings. The Morgan fingerprint density at radius 2 is 1.64 bits per heavy atom. The van der Waals surface area contributed by atoms with Crippen molar-refractivity contribution in [1.82, 2.24) is 15.1 Å². The van der Waals surface area contributed by atoms with Crippen molar-refractivity contribution in [3.05, 3.63) is 47.5 Å². The number of benzene rings is 2. The highest BCUT2D eigenvalue weighted by Gasteiger charge is 2.32. The fourth-order valence-electron chi connectivity index (χ4n) is 3.00. The number of hydrogen-bond acceptors (Lipinski definition) is 4. The van der Waals surface area contributed by atoms with Crippen molar-refractivity contribution in [2.75, 3.05) is 33.7 Å². The summed E-state index contributed by atoms with van der Waals surface area (Å²) in [6.07, 6.45) is 0.100. The largest absolute Gasteiger partial charge is 0.355 e. The zero-order valence-corrected chi connectivity index (χ0v) is 14.4. The number of nitrogens with one attached hydrogen (secondary N) is 1. The Morgan fingerprint density at radius 3 is 2.20 bits per heavy atom. The quantitative estimate of drug-likeness (QED) is 0.810. The third kappa shape index (κ3) is 3.39. The lowest BCUT2D eigenvalue weighted by molar-refractivity contribution is -0.121. The van der Waals surface area contributed by atoms with E-state index in [1.54, 1.807) is 24.3 Å². The average Bonchev–Trinajstić information content (AvgIpc) is 2.59. The van der Waals surface area contributed by atoms with Gasteiger partial charge in [0.1, 0.15) is 0 Å². The van der Waals surface area contributed by atoms with Crippen LogP contribution < -0.4 is 5.32 Å². The van der Waals surface area contributed by atoms with Crippen LogP contribution in [0.25, 0.3) is 10.8 Å². The number of likely N-dealkylation sites (N-methyl/N-ethyl adjacent to an activating group) is 1. The van der Waals surface area contributed by atoms with Crippen LogP contribution in [0.4, 0.5) is 0 Å². The van der Waals surface area contributed by atoms with E-state index in [4.69, 9.17) is 0 Å². The van der Waals surface area contributed by atoms with Crippen LogP contribution in [0.1, 0.15) is 27.1 Å². The summed E-state index contributed by atoms with van der Waals surface area (Å²) in [5.41, 5.74) is 1.03. The van der Waals surface area contributed by atoms with Crippen molar-refractivity contribution in [3.8, 4) is 0 Å². The minimum Gasteiger partial charge on any atom is -0.355 e. The molecule has 0 radical (unpaired) electrons. The van der Waals surface area contributed by atoms with Crippen LogP contribution in [0.15, 0.2) is 36.4 Å². The Morgan fingerprint density at radius 1 is 1.04 bits per heavy atom. The summed E-state index contributed by atoms with van der Waals surface area (Å²) in [6, 6.07) is 10.8. The Hall–Kier alpha value is -2.73. The van der Waals surface area contributed by atoms with Gasteiger partial charge < -0.3 is 10.2 Å². The summed E-state index contributed by atoms with van der Waals surface area (Å²) in [7, 11) is 3.85. The van der Waals surface area contributed by atoms with Crippen molar-refractivity contribution in [1.29, 1.82) is 0 Å². The van der Waals surface area contributed by atoms with Gasteiger partial charge in [0, 0.05) is 42.6 Å². The topological polar surface area (TPSA) is 69.7 Å². The minimum atomic E-state index is -0.338. The molecule has 1 N–H and O–H groups in total. The van der Waals surface area contributed by atoms with Crippen LogP contribution in [-0.2, 0) is 4.79 Å². The normalized spacial score (nSPS) is 13.6. The molecule has 0 unspecified atom stereocenters. The smallest absolute Gasteiger partial charge is 0.261 e. The highest BCUT2D eigenvalue weighted by Crippen LogP contribution is 2.29. The Bertz CT molecular complexity index is 794. The first kappa shape index (κ1) is 17.1. The summed E-state index contributed by atoms with van der Waals surface area (Å²) >= 11 is 0. The van der Waals surface area contributed by atoms with E-state index in [0.29, 0.717) is 23.1 Å². The SMILES string of the molecule is CN(C)CCNC(=O)CCN1C(=O)c2cccc3cccc(c23)C1=O. The van der Waals surface area contributed by atoms with E-state index in [1.165, 1.54) is 4.90 Å². The van der Waals surface area contributed by atoms with Gasteiger partial charge in [-0.25, -0.2) is 0 Å². The number of amides is 3. The van der Waals surface area contributed by atoms with Crippen LogP contribution in [0.3, 0.4) is 0 Å². The molecule has 3 amide bonds. The van der Waals surface area contributed by atoms with E-state index in [1.807, 2.05) is 31.1 Å². The first-order valence-corrected chi connectivity index (χ1v) is 8.28. The zero-order chi connectivity index (χ0) is 18.0. The molecule has 1 aliphatic rings. The number of carbonyl (C=O) groups is 3. The van der Waals surface area contributed by atoms with E-state index in [2.05, 4.69) is 5.32 Å². The van der Waals surface area contributed by atoms with E-state index >= 15 is 0 Å². The molecule has 0 spiro atoms. The predicted molar refractivity (Wildman–Crippen MR) is 95.5 cm³/mol. The number of nitrogens with zero attached hydrogens (tertiary/aromatic N) is 2. The second-order valence-corrected chi connectivity index (χ2v) is 6.37. The van der Waals surface area contributed by atoms with Gasteiger partial charge in [0.25, 0.3) is 11.8 Å². The van der Waals surface area contributed by atoms with Gasteiger partial charge in [0.2, 0.25) is 5.91 Å². The van der Waals surface area contributed by atoms with Gasteiger partial charge >= 0.3 is 0 Å². The third-order valence-corrected chi connectivity index (χ3v) is 4.30. The molecular weight excluding hydrogens is 318 g/mol. The first-order chi connectivity index (χ1) is 12.0. The lowest BCUT2D eigenvalue weighted by Gasteiger charge is -2.27. The van der Waals surface area contributed by atoms with Gasteiger partial charge in [-0.3, -0.25) is 19.3 Å². The molecule has 1 heterocycles. The molecule has 0 aromatic heterocycles. The van der Waals surface area contributed by atoms with Crippen LogP contribution >= 0.6 is 0 Å². The van der Waals surface area contributed by atoms with Gasteiger partial charge in [0.05, 0.1) is 0 Å². The van der Waals surface area contributed by atoms with E-state index in [-0.39, 0.29) is 30.7 Å². The maximum atomic E-state index is 12.7. The molecule has 1 aliphatic heterocycles. The maximum absolute atomic E-state index is 12.7. The molecule has 6 heteroatoms. The molecule has 0 saturated carbocycles. The Kier molecular flexibility index (Phi) is 4.81. The number of rotatable bonds is 6. The number of imide groups is 1. The third-order valence-electron chi connectivity index (χ3n) is 4.30. The lowest BCUT2D eigenvalue weighted by atomic mass is 9.94. The predicted octanol–water partition coefficient (Wildman–Crippen LogP) is 1.50. The molecular formula is C19H21N3O3. The van der Waals surface area contributed by atoms with Crippen LogP contribution in [0, 0.1) is 0 Å². The maximum Gasteiger partial charge on any atom is 0.261 e. The summed E-state index contributed by atoms with van der Waals surface area (Å²) in [5.74, 6) is -0.842. The highest BCUT2D eigenvalue weighted by atomic mass is 16.2. The Labute approximate surface area is 146 Å². The van der Waals surface area contributed by atoms with Gasteiger partial charge in [-0.1, -0.05) is 24.3 Å². The first-order valence-electron chi connectivity index (χ1n) is 8.28. The fourth-order valence-corrected chi connectivity index (χ4v) is 3.00. The summed E-state index contributed by atoms with van der Waals surface area (Å²) < 4.78 is 0. The molecule has 0 saturated heterocycles. The zero-order valence-electron chi connectivity index (χ0n) is 14.4. The Balaban J connectivity index is 1.73. The van der Waals surface area contributed by atoms with Gasteiger partial charge in [0.15, 0.2) is 0 Å². The van der Waals surface area contributed by atoms with E-state index in [0.717, 1.165) is 11.9 Å². The van der Waals surface area contributed by atoms with Gasteiger partial charge in [-0.2, -0.15) is 0 Å². The molecule has 0 aliphatic carbocycles. The minimum absolute atomic E-state index is 0.0795. The second-order valence-electron chi connectivity index (χ2n) is 6.37. The molecule has 25 heavy (non-hydrogen) atoms. The van der Waals surface area contributed by atoms with Crippen LogP contribution in [0.2, 0.25) is 0 Å². The monoisotopic (exact) mass is 339 g/mol. The molecule has 6 nitrogen and oxygen atoms in total. The second kappa shape index (κ2) is 7.03. The lowest BCUT2D eigenvalue weighted by Crippen LogP contribution is -2.42. The molecule has 0 bridgehead atoms. The van der Waals surface area contributed by atoms with Crippen molar-refractivity contribution in [2.45, 2.75) is 6.42 Å². The van der Waals surface area contributed by atoms with Crippen LogP contribution in [0.5, 0.6) is 0 Å². The molecule has 130 valence electrons. The van der Waals surface area contributed by atoms with Gasteiger partial charge in [-0.15, -0.1) is 0 Å². The van der Waals surface area contributed by atoms with E-state index in [9.17, 15) is 14.4 Å². The molecule has 3 rings (SSSR count). The van der Waals surface area contributed by atoms with Crippen molar-refractivity contribution >= 4 is 28.5 Å².